The molecule has 0 saturated heterocycles. The summed E-state index contributed by atoms with van der Waals surface area (Å²) < 4.78 is 38.5. The van der Waals surface area contributed by atoms with Gasteiger partial charge < -0.3 is 5.32 Å². The van der Waals surface area contributed by atoms with Crippen LogP contribution in [-0.4, -0.2) is 25.5 Å². The van der Waals surface area contributed by atoms with Crippen molar-refractivity contribution in [2.24, 2.45) is 0 Å². The summed E-state index contributed by atoms with van der Waals surface area (Å²) >= 11 is 0. The van der Waals surface area contributed by atoms with E-state index in [4.69, 9.17) is 5.26 Å². The van der Waals surface area contributed by atoms with Crippen molar-refractivity contribution in [3.05, 3.63) is 45.9 Å². The number of aromatic nitrogens is 4. The van der Waals surface area contributed by atoms with Crippen LogP contribution in [0.25, 0.3) is 5.57 Å². The molecule has 0 amide bonds. The Labute approximate surface area is 125 Å². The molecule has 0 spiro atoms. The maximum atomic E-state index is 12.8. The summed E-state index contributed by atoms with van der Waals surface area (Å²) in [5, 5.41) is 34.5. The van der Waals surface area contributed by atoms with Crippen molar-refractivity contribution in [3.63, 3.8) is 0 Å². The van der Waals surface area contributed by atoms with Crippen LogP contribution in [0.3, 0.4) is 0 Å². The highest BCUT2D eigenvalue weighted by molar-refractivity contribution is 5.74. The third kappa shape index (κ3) is 3.59. The molecule has 0 saturated carbocycles. The minimum absolute atomic E-state index is 0.0574. The van der Waals surface area contributed by atoms with Crippen molar-refractivity contribution in [3.8, 4) is 6.07 Å². The number of allylic oxidation sites excluding steroid dienone is 1. The molecule has 2 aromatic rings. The summed E-state index contributed by atoms with van der Waals surface area (Å²) in [5.74, 6) is -0.0574. The van der Waals surface area contributed by atoms with Gasteiger partial charge in [0, 0.05) is 18.0 Å². The van der Waals surface area contributed by atoms with Crippen molar-refractivity contribution in [2.45, 2.75) is 6.18 Å². The molecule has 2 N–H and O–H groups in total. The minimum Gasteiger partial charge on any atom is -0.360 e. The van der Waals surface area contributed by atoms with Gasteiger partial charge in [-0.15, -0.1) is 10.2 Å². The van der Waals surface area contributed by atoms with Crippen molar-refractivity contribution >= 4 is 16.9 Å². The number of nitrogens with one attached hydrogen (secondary N) is 2. The minimum atomic E-state index is -4.89. The van der Waals surface area contributed by atoms with Gasteiger partial charge in [0.05, 0.1) is 4.92 Å². The molecular weight excluding hydrogens is 319 g/mol. The zero-order valence-electron chi connectivity index (χ0n) is 11.0. The van der Waals surface area contributed by atoms with Crippen LogP contribution in [0.4, 0.5) is 24.5 Å². The monoisotopic (exact) mass is 325 g/mol. The van der Waals surface area contributed by atoms with Gasteiger partial charge in [-0.25, -0.2) is 0 Å². The third-order valence-corrected chi connectivity index (χ3v) is 2.59. The highest BCUT2D eigenvalue weighted by Gasteiger charge is 2.38. The standard InChI is InChI=1S/C11H6F3N7O2/c12-11(13,14)8-3-7(1-2-9(8)21(22)23)16-5-6(4-15)10-17-19-20-18-10/h1-3,5,16H,(H,17,18,19,20). The number of rotatable bonds is 4. The zero-order valence-corrected chi connectivity index (χ0v) is 11.0. The second-order valence-corrected chi connectivity index (χ2v) is 4.04. The van der Waals surface area contributed by atoms with E-state index in [0.29, 0.717) is 6.07 Å². The molecular formula is C11H6F3N7O2. The summed E-state index contributed by atoms with van der Waals surface area (Å²) in [5.41, 5.74) is -2.66. The first kappa shape index (κ1) is 15.9. The normalized spacial score (nSPS) is 11.8. The fourth-order valence-electron chi connectivity index (χ4n) is 1.59. The SMILES string of the molecule is N#CC(=CNc1ccc([N+](=O)[O-])c(C(F)(F)F)c1)c1nn[nH]n1. The number of aromatic amines is 1. The number of hydrogen-bond acceptors (Lipinski definition) is 7. The van der Waals surface area contributed by atoms with Crippen LogP contribution in [-0.2, 0) is 6.18 Å². The predicted molar refractivity (Wildman–Crippen MR) is 69.5 cm³/mol. The van der Waals surface area contributed by atoms with E-state index >= 15 is 0 Å². The number of nitriles is 1. The van der Waals surface area contributed by atoms with Crippen LogP contribution < -0.4 is 5.32 Å². The summed E-state index contributed by atoms with van der Waals surface area (Å²) in [6, 6.07) is 4.10. The van der Waals surface area contributed by atoms with Gasteiger partial charge in [-0.3, -0.25) is 10.1 Å². The lowest BCUT2D eigenvalue weighted by atomic mass is 10.1. The third-order valence-electron chi connectivity index (χ3n) is 2.59. The Kier molecular flexibility index (Phi) is 4.21. The number of halogens is 3. The predicted octanol–water partition coefficient (Wildman–Crippen LogP) is 2.10. The molecule has 1 aromatic heterocycles. The number of nitro benzene ring substituents is 1. The molecule has 0 atom stereocenters. The molecule has 1 heterocycles. The van der Waals surface area contributed by atoms with E-state index < -0.39 is 22.4 Å². The number of nitro groups is 1. The second kappa shape index (κ2) is 6.10. The average molecular weight is 325 g/mol. The van der Waals surface area contributed by atoms with Gasteiger partial charge in [-0.05, 0) is 17.3 Å². The fraction of sp³-hybridized carbons (Fsp3) is 0.0909. The molecule has 0 aliphatic carbocycles. The molecule has 0 unspecified atom stereocenters. The molecule has 23 heavy (non-hydrogen) atoms. The molecule has 9 nitrogen and oxygen atoms in total. The van der Waals surface area contributed by atoms with E-state index in [-0.39, 0.29) is 17.1 Å². The summed E-state index contributed by atoms with van der Waals surface area (Å²) in [6.45, 7) is 0. The van der Waals surface area contributed by atoms with Gasteiger partial charge in [-0.1, -0.05) is 0 Å². The Hall–Kier alpha value is -3.49. The number of alkyl halides is 3. The summed E-state index contributed by atoms with van der Waals surface area (Å²) in [7, 11) is 0. The largest absolute Gasteiger partial charge is 0.423 e. The molecule has 0 aliphatic rings. The number of benzene rings is 1. The Balaban J connectivity index is 2.35. The van der Waals surface area contributed by atoms with Crippen LogP contribution in [0.2, 0.25) is 0 Å². The molecule has 118 valence electrons. The van der Waals surface area contributed by atoms with E-state index in [1.54, 1.807) is 6.07 Å². The zero-order chi connectivity index (χ0) is 17.0. The quantitative estimate of drug-likeness (QED) is 0.499. The van der Waals surface area contributed by atoms with Gasteiger partial charge >= 0.3 is 6.18 Å². The molecule has 2 rings (SSSR count). The number of anilines is 1. The van der Waals surface area contributed by atoms with Crippen LogP contribution in [0.1, 0.15) is 11.4 Å². The van der Waals surface area contributed by atoms with E-state index in [1.807, 2.05) is 0 Å². The van der Waals surface area contributed by atoms with Crippen molar-refractivity contribution < 1.29 is 18.1 Å². The molecule has 0 aliphatic heterocycles. The van der Waals surface area contributed by atoms with Crippen molar-refractivity contribution in [2.75, 3.05) is 5.32 Å². The van der Waals surface area contributed by atoms with Gasteiger partial charge in [0.2, 0.25) is 5.82 Å². The van der Waals surface area contributed by atoms with Crippen LogP contribution in [0.5, 0.6) is 0 Å². The Morgan fingerprint density at radius 2 is 2.22 bits per heavy atom. The highest BCUT2D eigenvalue weighted by Crippen LogP contribution is 2.37. The smallest absolute Gasteiger partial charge is 0.360 e. The first-order valence-corrected chi connectivity index (χ1v) is 5.79. The maximum absolute atomic E-state index is 12.8. The fourth-order valence-corrected chi connectivity index (χ4v) is 1.59. The van der Waals surface area contributed by atoms with E-state index in [2.05, 4.69) is 25.9 Å². The van der Waals surface area contributed by atoms with E-state index in [1.165, 1.54) is 0 Å². The summed E-state index contributed by atoms with van der Waals surface area (Å²) in [4.78, 5) is 9.53. The van der Waals surface area contributed by atoms with Gasteiger partial charge in [0.15, 0.2) is 0 Å². The highest BCUT2D eigenvalue weighted by atomic mass is 19.4. The lowest BCUT2D eigenvalue weighted by Crippen LogP contribution is -2.09. The Morgan fingerprint density at radius 3 is 2.74 bits per heavy atom. The number of H-pyrrole nitrogens is 1. The lowest BCUT2D eigenvalue weighted by molar-refractivity contribution is -0.388. The lowest BCUT2D eigenvalue weighted by Gasteiger charge is -2.09. The number of nitrogens with zero attached hydrogens (tertiary/aromatic N) is 5. The van der Waals surface area contributed by atoms with Crippen molar-refractivity contribution in [1.82, 2.24) is 20.6 Å². The van der Waals surface area contributed by atoms with E-state index in [9.17, 15) is 23.3 Å². The van der Waals surface area contributed by atoms with E-state index in [0.717, 1.165) is 18.3 Å². The molecule has 0 radical (unpaired) electrons. The second-order valence-electron chi connectivity index (χ2n) is 4.04. The van der Waals surface area contributed by atoms with Crippen LogP contribution >= 0.6 is 0 Å². The topological polar surface area (TPSA) is 133 Å². The van der Waals surface area contributed by atoms with Crippen molar-refractivity contribution in [1.29, 1.82) is 5.26 Å². The number of tetrazole rings is 1. The molecule has 0 bridgehead atoms. The van der Waals surface area contributed by atoms with Gasteiger partial charge in [-0.2, -0.15) is 23.6 Å². The Bertz CT molecular complexity index is 793. The molecule has 0 fully saturated rings. The van der Waals surface area contributed by atoms with Gasteiger partial charge in [0.1, 0.15) is 17.2 Å². The molecule has 1 aromatic carbocycles. The first-order valence-electron chi connectivity index (χ1n) is 5.79. The first-order chi connectivity index (χ1) is 10.8. The van der Waals surface area contributed by atoms with Gasteiger partial charge in [0.25, 0.3) is 5.69 Å². The van der Waals surface area contributed by atoms with Crippen LogP contribution in [0, 0.1) is 21.4 Å². The van der Waals surface area contributed by atoms with Crippen LogP contribution in [0.15, 0.2) is 24.4 Å². The number of hydrogen-bond donors (Lipinski definition) is 2. The maximum Gasteiger partial charge on any atom is 0.423 e. The summed E-state index contributed by atoms with van der Waals surface area (Å²) in [6.07, 6.45) is -3.83. The molecule has 12 heteroatoms. The Morgan fingerprint density at radius 1 is 1.48 bits per heavy atom. The average Bonchev–Trinajstić information content (AvgIpc) is 3.01.